The number of aryl methyl sites for hydroxylation is 1. The van der Waals surface area contributed by atoms with Crippen LogP contribution in [0.15, 0.2) is 42.0 Å². The summed E-state index contributed by atoms with van der Waals surface area (Å²) in [5.74, 6) is -0.0604. The lowest BCUT2D eigenvalue weighted by Gasteiger charge is -2.15. The lowest BCUT2D eigenvalue weighted by molar-refractivity contribution is -0.117. The molecule has 0 saturated heterocycles. The quantitative estimate of drug-likeness (QED) is 0.731. The highest BCUT2D eigenvalue weighted by Crippen LogP contribution is 2.30. The van der Waals surface area contributed by atoms with Gasteiger partial charge in [0.1, 0.15) is 0 Å². The van der Waals surface area contributed by atoms with Gasteiger partial charge in [-0.25, -0.2) is 4.98 Å². The number of anilines is 1. The van der Waals surface area contributed by atoms with E-state index in [2.05, 4.69) is 34.3 Å². The second-order valence-electron chi connectivity index (χ2n) is 5.52. The molecule has 3 aromatic rings. The topological polar surface area (TPSA) is 58.1 Å². The zero-order chi connectivity index (χ0) is 16.9. The molecule has 0 spiro atoms. The Morgan fingerprint density at radius 2 is 2.04 bits per heavy atom. The number of hydrogen-bond acceptors (Lipinski definition) is 6. The minimum atomic E-state index is -0.0604. The molecule has 1 amide bonds. The molecule has 0 saturated carbocycles. The molecule has 5 nitrogen and oxygen atoms in total. The summed E-state index contributed by atoms with van der Waals surface area (Å²) in [4.78, 5) is 25.0. The fourth-order valence-corrected chi connectivity index (χ4v) is 3.91. The van der Waals surface area contributed by atoms with Crippen molar-refractivity contribution in [2.45, 2.75) is 13.5 Å². The van der Waals surface area contributed by atoms with Gasteiger partial charge in [-0.1, -0.05) is 0 Å². The van der Waals surface area contributed by atoms with Gasteiger partial charge in [-0.2, -0.15) is 0 Å². The largest absolute Gasteiger partial charge is 0.301 e. The smallest absolute Gasteiger partial charge is 0.240 e. The first-order valence-corrected chi connectivity index (χ1v) is 9.19. The fraction of sp³-hybridized carbons (Fsp3) is 0.235. The van der Waals surface area contributed by atoms with Crippen molar-refractivity contribution < 1.29 is 4.79 Å². The number of carbonyl (C=O) groups excluding carboxylic acids is 1. The minimum Gasteiger partial charge on any atom is -0.301 e. The number of rotatable bonds is 6. The Bertz CT molecular complexity index is 813. The summed E-state index contributed by atoms with van der Waals surface area (Å²) < 4.78 is 0. The number of hydrogen-bond donors (Lipinski definition) is 1. The van der Waals surface area contributed by atoms with E-state index < -0.39 is 0 Å². The molecule has 7 heteroatoms. The Morgan fingerprint density at radius 1 is 1.25 bits per heavy atom. The molecule has 0 unspecified atom stereocenters. The monoisotopic (exact) mass is 358 g/mol. The number of amides is 1. The van der Waals surface area contributed by atoms with Crippen LogP contribution in [0.2, 0.25) is 0 Å². The van der Waals surface area contributed by atoms with E-state index in [1.807, 2.05) is 29.5 Å². The fourth-order valence-electron chi connectivity index (χ4n) is 2.28. The van der Waals surface area contributed by atoms with Gasteiger partial charge in [0, 0.05) is 29.2 Å². The van der Waals surface area contributed by atoms with E-state index in [1.54, 1.807) is 23.7 Å². The molecule has 0 atom stereocenters. The Balaban J connectivity index is 1.54. The molecule has 1 N–H and O–H groups in total. The van der Waals surface area contributed by atoms with Crippen LogP contribution in [0, 0.1) is 6.92 Å². The molecular formula is C17H18N4OS2. The van der Waals surface area contributed by atoms with Gasteiger partial charge in [-0.15, -0.1) is 22.7 Å². The van der Waals surface area contributed by atoms with Crippen LogP contribution >= 0.6 is 22.7 Å². The highest BCUT2D eigenvalue weighted by atomic mass is 32.1. The van der Waals surface area contributed by atoms with Crippen LogP contribution < -0.4 is 5.32 Å². The summed E-state index contributed by atoms with van der Waals surface area (Å²) in [7, 11) is 1.92. The Labute approximate surface area is 149 Å². The van der Waals surface area contributed by atoms with E-state index in [1.165, 1.54) is 16.2 Å². The minimum absolute atomic E-state index is 0.0604. The van der Waals surface area contributed by atoms with Crippen LogP contribution in [0.4, 0.5) is 5.13 Å². The third kappa shape index (κ3) is 4.47. The normalized spacial score (nSPS) is 11.0. The first kappa shape index (κ1) is 16.8. The van der Waals surface area contributed by atoms with Crippen molar-refractivity contribution >= 4 is 33.7 Å². The van der Waals surface area contributed by atoms with Crippen molar-refractivity contribution in [1.29, 1.82) is 0 Å². The molecule has 0 radical (unpaired) electrons. The predicted octanol–water partition coefficient (Wildman–Crippen LogP) is 3.65. The molecule has 3 rings (SSSR count). The van der Waals surface area contributed by atoms with Crippen LogP contribution in [-0.4, -0.2) is 34.4 Å². The number of carbonyl (C=O) groups is 1. The number of thiazole rings is 1. The van der Waals surface area contributed by atoms with Crippen molar-refractivity contribution in [3.63, 3.8) is 0 Å². The molecule has 0 aliphatic rings. The second kappa shape index (κ2) is 7.65. The van der Waals surface area contributed by atoms with Gasteiger partial charge < -0.3 is 5.32 Å². The van der Waals surface area contributed by atoms with E-state index in [4.69, 9.17) is 0 Å². The first-order valence-electron chi connectivity index (χ1n) is 7.50. The maximum absolute atomic E-state index is 12.2. The summed E-state index contributed by atoms with van der Waals surface area (Å²) in [6.07, 6.45) is 3.51. The van der Waals surface area contributed by atoms with E-state index in [-0.39, 0.29) is 5.91 Å². The standard InChI is InChI=1S/C17H18N4OS2/c1-12-3-4-15(24-12)14-11-23-17(19-14)20-16(22)10-21(2)9-13-5-7-18-8-6-13/h3-8,11H,9-10H2,1-2H3,(H,19,20,22). The zero-order valence-corrected chi connectivity index (χ0v) is 15.2. The average molecular weight is 358 g/mol. The van der Waals surface area contributed by atoms with E-state index in [0.717, 1.165) is 16.1 Å². The predicted molar refractivity (Wildman–Crippen MR) is 99.4 cm³/mol. The summed E-state index contributed by atoms with van der Waals surface area (Å²) in [6, 6.07) is 8.03. The van der Waals surface area contributed by atoms with Gasteiger partial charge in [0.05, 0.1) is 17.1 Å². The molecule has 0 bridgehead atoms. The van der Waals surface area contributed by atoms with Gasteiger partial charge in [0.2, 0.25) is 5.91 Å². The molecule has 0 aliphatic carbocycles. The molecule has 3 aromatic heterocycles. The Hall–Kier alpha value is -2.09. The maximum Gasteiger partial charge on any atom is 0.240 e. The van der Waals surface area contributed by atoms with Crippen molar-refractivity contribution in [3.8, 4) is 10.6 Å². The molecular weight excluding hydrogens is 340 g/mol. The van der Waals surface area contributed by atoms with Crippen molar-refractivity contribution in [3.05, 3.63) is 52.5 Å². The van der Waals surface area contributed by atoms with E-state index in [0.29, 0.717) is 18.2 Å². The highest BCUT2D eigenvalue weighted by molar-refractivity contribution is 7.17. The maximum atomic E-state index is 12.2. The number of thiophene rings is 1. The van der Waals surface area contributed by atoms with Crippen molar-refractivity contribution in [2.75, 3.05) is 18.9 Å². The molecule has 0 fully saturated rings. The summed E-state index contributed by atoms with van der Waals surface area (Å²) in [5.41, 5.74) is 2.04. The van der Waals surface area contributed by atoms with E-state index >= 15 is 0 Å². The second-order valence-corrected chi connectivity index (χ2v) is 7.67. The van der Waals surface area contributed by atoms with Crippen LogP contribution in [0.25, 0.3) is 10.6 Å². The summed E-state index contributed by atoms with van der Waals surface area (Å²) >= 11 is 3.15. The number of nitrogens with one attached hydrogen (secondary N) is 1. The highest BCUT2D eigenvalue weighted by Gasteiger charge is 2.11. The number of nitrogens with zero attached hydrogens (tertiary/aromatic N) is 3. The van der Waals surface area contributed by atoms with Gasteiger partial charge >= 0.3 is 0 Å². The van der Waals surface area contributed by atoms with Gasteiger partial charge in [-0.05, 0) is 43.8 Å². The van der Waals surface area contributed by atoms with Gasteiger partial charge in [-0.3, -0.25) is 14.7 Å². The van der Waals surface area contributed by atoms with Crippen LogP contribution in [-0.2, 0) is 11.3 Å². The first-order chi connectivity index (χ1) is 11.6. The molecule has 124 valence electrons. The van der Waals surface area contributed by atoms with Gasteiger partial charge in [0.25, 0.3) is 0 Å². The van der Waals surface area contributed by atoms with Crippen LogP contribution in [0.5, 0.6) is 0 Å². The Morgan fingerprint density at radius 3 is 2.75 bits per heavy atom. The van der Waals surface area contributed by atoms with Crippen molar-refractivity contribution in [1.82, 2.24) is 14.9 Å². The number of likely N-dealkylation sites (N-methyl/N-ethyl adjacent to an activating group) is 1. The summed E-state index contributed by atoms with van der Waals surface area (Å²) in [5, 5.41) is 5.49. The Kier molecular flexibility index (Phi) is 5.34. The SMILES string of the molecule is Cc1ccc(-c2csc(NC(=O)CN(C)Cc3ccncc3)n2)s1. The third-order valence-corrected chi connectivity index (χ3v) is 5.14. The van der Waals surface area contributed by atoms with Crippen molar-refractivity contribution in [2.24, 2.45) is 0 Å². The van der Waals surface area contributed by atoms with E-state index in [9.17, 15) is 4.79 Å². The van der Waals surface area contributed by atoms with Crippen LogP contribution in [0.3, 0.4) is 0 Å². The third-order valence-electron chi connectivity index (χ3n) is 3.36. The average Bonchev–Trinajstić information content (AvgIpc) is 3.17. The lowest BCUT2D eigenvalue weighted by Crippen LogP contribution is -2.29. The lowest BCUT2D eigenvalue weighted by atomic mass is 10.2. The molecule has 24 heavy (non-hydrogen) atoms. The number of aromatic nitrogens is 2. The summed E-state index contributed by atoms with van der Waals surface area (Å²) in [6.45, 7) is 3.09. The van der Waals surface area contributed by atoms with Crippen LogP contribution in [0.1, 0.15) is 10.4 Å². The molecule has 0 aliphatic heterocycles. The number of pyridine rings is 1. The molecule has 0 aromatic carbocycles. The van der Waals surface area contributed by atoms with Gasteiger partial charge in [0.15, 0.2) is 5.13 Å². The molecule has 3 heterocycles. The zero-order valence-electron chi connectivity index (χ0n) is 13.5.